The predicted molar refractivity (Wildman–Crippen MR) is 85.0 cm³/mol. The van der Waals surface area contributed by atoms with Crippen molar-refractivity contribution in [3.05, 3.63) is 46.9 Å². The van der Waals surface area contributed by atoms with E-state index in [9.17, 15) is 0 Å². The highest BCUT2D eigenvalue weighted by Crippen LogP contribution is 2.36. The van der Waals surface area contributed by atoms with Crippen LogP contribution < -0.4 is 10.1 Å². The van der Waals surface area contributed by atoms with Gasteiger partial charge in [0.1, 0.15) is 17.4 Å². The number of thioether (sulfide) groups is 1. The minimum Gasteiger partial charge on any atom is -0.493 e. The van der Waals surface area contributed by atoms with Crippen LogP contribution in [0.5, 0.6) is 5.75 Å². The number of rotatable bonds is 2. The van der Waals surface area contributed by atoms with Gasteiger partial charge in [-0.1, -0.05) is 18.2 Å². The van der Waals surface area contributed by atoms with Crippen LogP contribution in [0, 0.1) is 0 Å². The molecule has 21 heavy (non-hydrogen) atoms. The molecule has 0 saturated heterocycles. The van der Waals surface area contributed by atoms with E-state index in [2.05, 4.69) is 17.4 Å². The first-order chi connectivity index (χ1) is 10.3. The lowest BCUT2D eigenvalue weighted by molar-refractivity contribution is 0.257. The van der Waals surface area contributed by atoms with E-state index in [1.807, 2.05) is 30.9 Å². The van der Waals surface area contributed by atoms with E-state index in [0.717, 1.165) is 35.3 Å². The summed E-state index contributed by atoms with van der Waals surface area (Å²) >= 11 is 1.90. The molecule has 2 aliphatic heterocycles. The van der Waals surface area contributed by atoms with Crippen molar-refractivity contribution < 1.29 is 4.74 Å². The van der Waals surface area contributed by atoms with Crippen LogP contribution >= 0.6 is 11.8 Å². The second kappa shape index (κ2) is 5.22. The number of hydrogen-bond acceptors (Lipinski definition) is 5. The number of fused-ring (bicyclic) bond motifs is 2. The summed E-state index contributed by atoms with van der Waals surface area (Å²) in [5.74, 6) is 5.13. The molecule has 4 rings (SSSR count). The molecule has 2 aromatic rings. The number of hydrogen-bond donors (Lipinski definition) is 1. The van der Waals surface area contributed by atoms with E-state index in [4.69, 9.17) is 14.7 Å². The largest absolute Gasteiger partial charge is 0.493 e. The fourth-order valence-electron chi connectivity index (χ4n) is 2.95. The molecule has 0 radical (unpaired) electrons. The van der Waals surface area contributed by atoms with Crippen molar-refractivity contribution in [2.45, 2.75) is 23.8 Å². The highest BCUT2D eigenvalue weighted by Gasteiger charge is 2.26. The van der Waals surface area contributed by atoms with Gasteiger partial charge in [-0.3, -0.25) is 0 Å². The highest BCUT2D eigenvalue weighted by atomic mass is 32.2. The van der Waals surface area contributed by atoms with Crippen LogP contribution in [0.4, 0.5) is 5.82 Å². The zero-order chi connectivity index (χ0) is 14.2. The fourth-order valence-corrected chi connectivity index (χ4v) is 4.00. The molecule has 2 aliphatic rings. The average Bonchev–Trinajstić information content (AvgIpc) is 3.02. The SMILES string of the molecule is CNc1nc(C2COc3ccccc3C2)nc2c1CSC2. The van der Waals surface area contributed by atoms with Gasteiger partial charge in [0.15, 0.2) is 0 Å². The molecule has 108 valence electrons. The number of para-hydroxylation sites is 1. The Labute approximate surface area is 128 Å². The second-order valence-electron chi connectivity index (χ2n) is 5.42. The lowest BCUT2D eigenvalue weighted by Gasteiger charge is -2.25. The summed E-state index contributed by atoms with van der Waals surface area (Å²) in [7, 11) is 1.93. The molecule has 1 atom stereocenters. The van der Waals surface area contributed by atoms with Crippen LogP contribution in [0.25, 0.3) is 0 Å². The van der Waals surface area contributed by atoms with Gasteiger partial charge in [0.2, 0.25) is 0 Å². The summed E-state index contributed by atoms with van der Waals surface area (Å²) in [6, 6.07) is 8.24. The third-order valence-electron chi connectivity index (χ3n) is 4.08. The third-order valence-corrected chi connectivity index (χ3v) is 5.05. The highest BCUT2D eigenvalue weighted by molar-refractivity contribution is 7.98. The van der Waals surface area contributed by atoms with Crippen molar-refractivity contribution in [1.82, 2.24) is 9.97 Å². The molecule has 0 amide bonds. The topological polar surface area (TPSA) is 47.0 Å². The molecule has 1 N–H and O–H groups in total. The lowest BCUT2D eigenvalue weighted by Crippen LogP contribution is -2.22. The number of nitrogens with zero attached hydrogens (tertiary/aromatic N) is 2. The van der Waals surface area contributed by atoms with Gasteiger partial charge in [0.25, 0.3) is 0 Å². The number of ether oxygens (including phenoxy) is 1. The molecule has 0 saturated carbocycles. The van der Waals surface area contributed by atoms with E-state index in [-0.39, 0.29) is 5.92 Å². The molecular formula is C16H17N3OS. The maximum Gasteiger partial charge on any atom is 0.137 e. The van der Waals surface area contributed by atoms with Crippen LogP contribution in [0.3, 0.4) is 0 Å². The van der Waals surface area contributed by atoms with E-state index in [0.29, 0.717) is 6.61 Å². The predicted octanol–water partition coefficient (Wildman–Crippen LogP) is 2.98. The molecule has 0 spiro atoms. The Hall–Kier alpha value is -1.75. The molecule has 1 aromatic carbocycles. The van der Waals surface area contributed by atoms with E-state index in [1.54, 1.807) is 0 Å². The summed E-state index contributed by atoms with van der Waals surface area (Å²) in [5, 5.41) is 3.22. The fraction of sp³-hybridized carbons (Fsp3) is 0.375. The summed E-state index contributed by atoms with van der Waals surface area (Å²) in [6.07, 6.45) is 0.950. The van der Waals surface area contributed by atoms with Crippen molar-refractivity contribution in [2.75, 3.05) is 19.0 Å². The van der Waals surface area contributed by atoms with Gasteiger partial charge in [-0.05, 0) is 18.1 Å². The number of benzene rings is 1. The van der Waals surface area contributed by atoms with Crippen LogP contribution in [-0.2, 0) is 17.9 Å². The van der Waals surface area contributed by atoms with Crippen molar-refractivity contribution in [3.63, 3.8) is 0 Å². The van der Waals surface area contributed by atoms with Gasteiger partial charge in [0.05, 0.1) is 18.2 Å². The van der Waals surface area contributed by atoms with Crippen molar-refractivity contribution >= 4 is 17.6 Å². The average molecular weight is 299 g/mol. The van der Waals surface area contributed by atoms with Crippen molar-refractivity contribution in [3.8, 4) is 5.75 Å². The molecule has 0 bridgehead atoms. The quantitative estimate of drug-likeness (QED) is 0.923. The lowest BCUT2D eigenvalue weighted by atomic mass is 9.96. The number of anilines is 1. The Bertz CT molecular complexity index is 689. The van der Waals surface area contributed by atoms with Gasteiger partial charge in [-0.25, -0.2) is 9.97 Å². The van der Waals surface area contributed by atoms with Crippen molar-refractivity contribution in [1.29, 1.82) is 0 Å². The van der Waals surface area contributed by atoms with E-state index < -0.39 is 0 Å². The Kier molecular flexibility index (Phi) is 3.22. The molecule has 1 aromatic heterocycles. The molecule has 3 heterocycles. The van der Waals surface area contributed by atoms with Crippen LogP contribution in [-0.4, -0.2) is 23.6 Å². The maximum absolute atomic E-state index is 5.88. The Balaban J connectivity index is 1.69. The molecule has 5 heteroatoms. The zero-order valence-electron chi connectivity index (χ0n) is 11.9. The van der Waals surface area contributed by atoms with Crippen molar-refractivity contribution in [2.24, 2.45) is 0 Å². The van der Waals surface area contributed by atoms with Gasteiger partial charge >= 0.3 is 0 Å². The second-order valence-corrected chi connectivity index (χ2v) is 6.40. The third kappa shape index (κ3) is 2.25. The Morgan fingerprint density at radius 2 is 2.14 bits per heavy atom. The Morgan fingerprint density at radius 3 is 3.05 bits per heavy atom. The minimum absolute atomic E-state index is 0.239. The minimum atomic E-state index is 0.239. The van der Waals surface area contributed by atoms with E-state index in [1.165, 1.54) is 16.8 Å². The smallest absolute Gasteiger partial charge is 0.137 e. The normalized spacial score (nSPS) is 19.6. The van der Waals surface area contributed by atoms with Crippen LogP contribution in [0.2, 0.25) is 0 Å². The molecule has 0 aliphatic carbocycles. The summed E-state index contributed by atoms with van der Waals surface area (Å²) < 4.78 is 5.88. The first-order valence-corrected chi connectivity index (χ1v) is 8.36. The number of aromatic nitrogens is 2. The molecule has 4 nitrogen and oxygen atoms in total. The monoisotopic (exact) mass is 299 g/mol. The van der Waals surface area contributed by atoms with Gasteiger partial charge < -0.3 is 10.1 Å². The Morgan fingerprint density at radius 1 is 1.24 bits per heavy atom. The zero-order valence-corrected chi connectivity index (χ0v) is 12.7. The summed E-state index contributed by atoms with van der Waals surface area (Å²) in [5.41, 5.74) is 3.70. The summed E-state index contributed by atoms with van der Waals surface area (Å²) in [6.45, 7) is 0.659. The van der Waals surface area contributed by atoms with Crippen LogP contribution in [0.1, 0.15) is 28.6 Å². The molecular weight excluding hydrogens is 282 g/mol. The number of nitrogens with one attached hydrogen (secondary N) is 1. The van der Waals surface area contributed by atoms with Gasteiger partial charge in [0, 0.05) is 24.1 Å². The standard InChI is InChI=1S/C16H17N3OS/c1-17-16-12-8-21-9-13(12)18-15(19-16)11-6-10-4-2-3-5-14(10)20-7-11/h2-5,11H,6-9H2,1H3,(H,17,18,19). The van der Waals surface area contributed by atoms with E-state index >= 15 is 0 Å². The van der Waals surface area contributed by atoms with Gasteiger partial charge in [-0.2, -0.15) is 11.8 Å². The first kappa shape index (κ1) is 13.0. The maximum atomic E-state index is 5.88. The molecule has 1 unspecified atom stereocenters. The molecule has 0 fully saturated rings. The summed E-state index contributed by atoms with van der Waals surface area (Å²) in [4.78, 5) is 9.55. The van der Waals surface area contributed by atoms with Crippen LogP contribution in [0.15, 0.2) is 24.3 Å². The first-order valence-electron chi connectivity index (χ1n) is 7.21. The van der Waals surface area contributed by atoms with Gasteiger partial charge in [-0.15, -0.1) is 0 Å².